The topological polar surface area (TPSA) is 50.7 Å². The summed E-state index contributed by atoms with van der Waals surface area (Å²) in [7, 11) is 0. The van der Waals surface area contributed by atoms with Crippen molar-refractivity contribution in [1.82, 2.24) is 15.0 Å². The van der Waals surface area contributed by atoms with Gasteiger partial charge in [-0.15, -0.1) is 0 Å². The number of nitrogens with one attached hydrogen (secondary N) is 1. The molecule has 0 saturated heterocycles. The number of hydrogen-bond donors (Lipinski definition) is 1. The van der Waals surface area contributed by atoms with Crippen molar-refractivity contribution in [3.63, 3.8) is 0 Å². The summed E-state index contributed by atoms with van der Waals surface area (Å²) in [6.07, 6.45) is 7.98. The second kappa shape index (κ2) is 4.96. The molecule has 1 saturated carbocycles. The maximum absolute atomic E-state index is 4.53. The molecule has 0 aromatic carbocycles. The van der Waals surface area contributed by atoms with E-state index in [1.54, 1.807) is 0 Å². The molecule has 1 fully saturated rings. The SMILES string of the molecule is CCc1ccnc(NC2(c3ccccn3)CCC2)n1. The standard InChI is InChI=1S/C15H18N4/c1-2-12-7-11-17-14(18-12)19-15(8-5-9-15)13-6-3-4-10-16-13/h3-4,6-7,10-11H,2,5,8-9H2,1H3,(H,17,18,19). The van der Waals surface area contributed by atoms with E-state index in [1.807, 2.05) is 30.6 Å². The molecule has 0 spiro atoms. The van der Waals surface area contributed by atoms with Gasteiger partial charge in [-0.2, -0.15) is 0 Å². The van der Waals surface area contributed by atoms with E-state index in [0.717, 1.165) is 30.7 Å². The van der Waals surface area contributed by atoms with E-state index >= 15 is 0 Å². The summed E-state index contributed by atoms with van der Waals surface area (Å²) in [6.45, 7) is 2.10. The molecule has 0 aliphatic heterocycles. The van der Waals surface area contributed by atoms with Crippen LogP contribution in [0.4, 0.5) is 5.95 Å². The average Bonchev–Trinajstić information content (AvgIpc) is 2.44. The molecular weight excluding hydrogens is 236 g/mol. The number of pyridine rings is 1. The summed E-state index contributed by atoms with van der Waals surface area (Å²) in [6, 6.07) is 8.02. The molecule has 3 rings (SSSR count). The van der Waals surface area contributed by atoms with Crippen molar-refractivity contribution in [2.45, 2.75) is 38.1 Å². The van der Waals surface area contributed by atoms with Gasteiger partial charge in [-0.3, -0.25) is 4.98 Å². The maximum atomic E-state index is 4.53. The Hall–Kier alpha value is -1.97. The van der Waals surface area contributed by atoms with Crippen molar-refractivity contribution < 1.29 is 0 Å². The summed E-state index contributed by atoms with van der Waals surface area (Å²) in [5, 5.41) is 3.50. The number of aromatic nitrogens is 3. The molecule has 0 bridgehead atoms. The van der Waals surface area contributed by atoms with Crippen LogP contribution in [0.25, 0.3) is 0 Å². The minimum Gasteiger partial charge on any atom is -0.343 e. The molecule has 2 aromatic heterocycles. The van der Waals surface area contributed by atoms with Gasteiger partial charge in [0.2, 0.25) is 5.95 Å². The van der Waals surface area contributed by atoms with Gasteiger partial charge >= 0.3 is 0 Å². The van der Waals surface area contributed by atoms with Gasteiger partial charge in [0.1, 0.15) is 0 Å². The fraction of sp³-hybridized carbons (Fsp3) is 0.400. The molecule has 0 atom stereocenters. The van der Waals surface area contributed by atoms with Crippen LogP contribution in [-0.4, -0.2) is 15.0 Å². The molecule has 0 amide bonds. The smallest absolute Gasteiger partial charge is 0.223 e. The van der Waals surface area contributed by atoms with E-state index in [0.29, 0.717) is 5.95 Å². The molecule has 1 aliphatic carbocycles. The fourth-order valence-electron chi connectivity index (χ4n) is 2.49. The van der Waals surface area contributed by atoms with Gasteiger partial charge in [-0.05, 0) is 43.9 Å². The zero-order valence-corrected chi connectivity index (χ0v) is 11.1. The average molecular weight is 254 g/mol. The van der Waals surface area contributed by atoms with E-state index in [1.165, 1.54) is 6.42 Å². The van der Waals surface area contributed by atoms with E-state index < -0.39 is 0 Å². The number of anilines is 1. The van der Waals surface area contributed by atoms with E-state index in [9.17, 15) is 0 Å². The highest BCUT2D eigenvalue weighted by Gasteiger charge is 2.40. The first kappa shape index (κ1) is 12.1. The van der Waals surface area contributed by atoms with Crippen molar-refractivity contribution >= 4 is 5.95 Å². The van der Waals surface area contributed by atoms with Crippen LogP contribution in [-0.2, 0) is 12.0 Å². The van der Waals surface area contributed by atoms with Crippen LogP contribution in [0, 0.1) is 0 Å². The van der Waals surface area contributed by atoms with Gasteiger partial charge in [0.25, 0.3) is 0 Å². The molecule has 19 heavy (non-hydrogen) atoms. The number of hydrogen-bond acceptors (Lipinski definition) is 4. The lowest BCUT2D eigenvalue weighted by Crippen LogP contribution is -2.43. The molecule has 4 heteroatoms. The highest BCUT2D eigenvalue weighted by atomic mass is 15.2. The lowest BCUT2D eigenvalue weighted by atomic mass is 9.74. The second-order valence-corrected chi connectivity index (χ2v) is 5.00. The Bertz CT molecular complexity index is 549. The lowest BCUT2D eigenvalue weighted by Gasteiger charge is -2.42. The van der Waals surface area contributed by atoms with E-state index in [4.69, 9.17) is 0 Å². The van der Waals surface area contributed by atoms with Crippen LogP contribution in [0.2, 0.25) is 0 Å². The van der Waals surface area contributed by atoms with Crippen LogP contribution in [0.5, 0.6) is 0 Å². The summed E-state index contributed by atoms with van der Waals surface area (Å²) in [4.78, 5) is 13.4. The molecule has 1 N–H and O–H groups in total. The number of nitrogens with zero attached hydrogens (tertiary/aromatic N) is 3. The number of aryl methyl sites for hydroxylation is 1. The van der Waals surface area contributed by atoms with E-state index in [2.05, 4.69) is 33.3 Å². The quantitative estimate of drug-likeness (QED) is 0.911. The highest BCUT2D eigenvalue weighted by molar-refractivity contribution is 5.36. The Morgan fingerprint density at radius 3 is 2.68 bits per heavy atom. The van der Waals surface area contributed by atoms with Gasteiger partial charge in [0, 0.05) is 18.1 Å². The summed E-state index contributed by atoms with van der Waals surface area (Å²) < 4.78 is 0. The minimum atomic E-state index is -0.0758. The molecule has 2 aromatic rings. The molecule has 4 nitrogen and oxygen atoms in total. The Morgan fingerprint density at radius 2 is 2.05 bits per heavy atom. The molecule has 1 aliphatic rings. The Morgan fingerprint density at radius 1 is 1.16 bits per heavy atom. The van der Waals surface area contributed by atoms with Gasteiger partial charge in [0.15, 0.2) is 0 Å². The van der Waals surface area contributed by atoms with Crippen molar-refractivity contribution in [2.75, 3.05) is 5.32 Å². The third kappa shape index (κ3) is 2.30. The van der Waals surface area contributed by atoms with Crippen LogP contribution < -0.4 is 5.32 Å². The zero-order chi connectivity index (χ0) is 13.1. The zero-order valence-electron chi connectivity index (χ0n) is 11.1. The normalized spacial score (nSPS) is 16.7. The predicted octanol–water partition coefficient (Wildman–Crippen LogP) is 2.93. The first-order valence-electron chi connectivity index (χ1n) is 6.84. The maximum Gasteiger partial charge on any atom is 0.223 e. The first-order valence-corrected chi connectivity index (χ1v) is 6.84. The second-order valence-electron chi connectivity index (χ2n) is 5.00. The third-order valence-electron chi connectivity index (χ3n) is 3.79. The lowest BCUT2D eigenvalue weighted by molar-refractivity contribution is 0.275. The van der Waals surface area contributed by atoms with Gasteiger partial charge in [-0.25, -0.2) is 9.97 Å². The van der Waals surface area contributed by atoms with E-state index in [-0.39, 0.29) is 5.54 Å². The summed E-state index contributed by atoms with van der Waals surface area (Å²) >= 11 is 0. The summed E-state index contributed by atoms with van der Waals surface area (Å²) in [5.41, 5.74) is 2.08. The number of rotatable bonds is 4. The molecule has 0 unspecified atom stereocenters. The van der Waals surface area contributed by atoms with Crippen LogP contribution in [0.3, 0.4) is 0 Å². The summed E-state index contributed by atoms with van der Waals surface area (Å²) in [5.74, 6) is 0.713. The predicted molar refractivity (Wildman–Crippen MR) is 74.8 cm³/mol. The fourth-order valence-corrected chi connectivity index (χ4v) is 2.49. The monoisotopic (exact) mass is 254 g/mol. The van der Waals surface area contributed by atoms with Crippen molar-refractivity contribution in [3.8, 4) is 0 Å². The Balaban J connectivity index is 1.87. The van der Waals surface area contributed by atoms with Crippen molar-refractivity contribution in [2.24, 2.45) is 0 Å². The Kier molecular flexibility index (Phi) is 3.15. The van der Waals surface area contributed by atoms with Crippen LogP contribution in [0.15, 0.2) is 36.7 Å². The third-order valence-corrected chi connectivity index (χ3v) is 3.79. The molecule has 98 valence electrons. The van der Waals surface area contributed by atoms with Gasteiger partial charge in [-0.1, -0.05) is 13.0 Å². The molecular formula is C15H18N4. The van der Waals surface area contributed by atoms with Crippen molar-refractivity contribution in [1.29, 1.82) is 0 Å². The molecule has 0 radical (unpaired) electrons. The van der Waals surface area contributed by atoms with Crippen molar-refractivity contribution in [3.05, 3.63) is 48.0 Å². The Labute approximate surface area is 113 Å². The van der Waals surface area contributed by atoms with Gasteiger partial charge < -0.3 is 5.32 Å². The first-order chi connectivity index (χ1) is 9.32. The van der Waals surface area contributed by atoms with Crippen LogP contribution in [0.1, 0.15) is 37.6 Å². The molecule has 2 heterocycles. The largest absolute Gasteiger partial charge is 0.343 e. The minimum absolute atomic E-state index is 0.0758. The van der Waals surface area contributed by atoms with Gasteiger partial charge in [0.05, 0.1) is 11.2 Å². The highest BCUT2D eigenvalue weighted by Crippen LogP contribution is 2.42. The van der Waals surface area contributed by atoms with Crippen LogP contribution >= 0.6 is 0 Å².